The summed E-state index contributed by atoms with van der Waals surface area (Å²) in [5, 5.41) is 14.7. The number of carbonyl (C=O) groups excluding carboxylic acids is 1. The summed E-state index contributed by atoms with van der Waals surface area (Å²) in [4.78, 5) is 25.1. The van der Waals surface area contributed by atoms with E-state index < -0.39 is 11.4 Å². The van der Waals surface area contributed by atoms with Crippen LogP contribution in [0.5, 0.6) is 0 Å². The number of carbonyl (C=O) groups is 2. The first-order valence-corrected chi connectivity index (χ1v) is 6.83. The number of hydrogen-bond donors (Lipinski definition) is 3. The Balaban J connectivity index is 2.33. The van der Waals surface area contributed by atoms with Gasteiger partial charge in [-0.05, 0) is 46.3 Å². The number of aliphatic carboxylic acids is 1. The van der Waals surface area contributed by atoms with E-state index in [0.717, 1.165) is 25.9 Å². The molecule has 1 aliphatic rings. The first kappa shape index (κ1) is 15.8. The summed E-state index contributed by atoms with van der Waals surface area (Å²) in [6, 6.07) is -0.0793. The van der Waals surface area contributed by atoms with Gasteiger partial charge in [0.2, 0.25) is 0 Å². The molecule has 0 aromatic carbocycles. The summed E-state index contributed by atoms with van der Waals surface area (Å²) >= 11 is 0. The molecule has 1 atom stereocenters. The van der Waals surface area contributed by atoms with Crippen LogP contribution in [0.1, 0.15) is 33.1 Å². The third-order valence-electron chi connectivity index (χ3n) is 3.99. The van der Waals surface area contributed by atoms with Crippen LogP contribution in [-0.2, 0) is 4.79 Å². The van der Waals surface area contributed by atoms with Crippen LogP contribution in [0.15, 0.2) is 0 Å². The molecule has 0 saturated carbocycles. The number of amides is 2. The predicted octanol–water partition coefficient (Wildman–Crippen LogP) is 0.881. The third kappa shape index (κ3) is 4.70. The van der Waals surface area contributed by atoms with E-state index in [2.05, 4.69) is 22.6 Å². The second-order valence-corrected chi connectivity index (χ2v) is 5.62. The Bertz CT molecular complexity index is 327. The van der Waals surface area contributed by atoms with E-state index in [1.165, 1.54) is 0 Å². The van der Waals surface area contributed by atoms with Crippen LogP contribution in [0.25, 0.3) is 0 Å². The van der Waals surface area contributed by atoms with Crippen LogP contribution in [0.2, 0.25) is 0 Å². The lowest BCUT2D eigenvalue weighted by atomic mass is 9.88. The molecule has 1 unspecified atom stereocenters. The van der Waals surface area contributed by atoms with E-state index >= 15 is 0 Å². The van der Waals surface area contributed by atoms with Crippen molar-refractivity contribution in [2.75, 3.05) is 26.7 Å². The summed E-state index contributed by atoms with van der Waals surface area (Å²) < 4.78 is 0. The quantitative estimate of drug-likeness (QED) is 0.693. The van der Waals surface area contributed by atoms with Crippen molar-refractivity contribution in [3.05, 3.63) is 0 Å². The summed E-state index contributed by atoms with van der Waals surface area (Å²) in [5.41, 5.74) is -0.899. The van der Waals surface area contributed by atoms with Gasteiger partial charge in [0.25, 0.3) is 0 Å². The van der Waals surface area contributed by atoms with Crippen molar-refractivity contribution < 1.29 is 14.7 Å². The van der Waals surface area contributed by atoms with Gasteiger partial charge >= 0.3 is 12.0 Å². The van der Waals surface area contributed by atoms with E-state index in [0.29, 0.717) is 6.42 Å². The molecule has 0 bridgehead atoms. The molecule has 6 nitrogen and oxygen atoms in total. The molecule has 110 valence electrons. The first-order valence-electron chi connectivity index (χ1n) is 6.83. The number of nitrogens with zero attached hydrogens (tertiary/aromatic N) is 1. The van der Waals surface area contributed by atoms with Crippen molar-refractivity contribution in [3.63, 3.8) is 0 Å². The minimum Gasteiger partial charge on any atom is -0.481 e. The Labute approximate surface area is 114 Å². The third-order valence-corrected chi connectivity index (χ3v) is 3.99. The van der Waals surface area contributed by atoms with Gasteiger partial charge < -0.3 is 20.6 Å². The Morgan fingerprint density at radius 1 is 1.37 bits per heavy atom. The molecule has 1 aliphatic heterocycles. The summed E-state index contributed by atoms with van der Waals surface area (Å²) in [6.45, 7) is 5.56. The zero-order valence-corrected chi connectivity index (χ0v) is 12.0. The highest BCUT2D eigenvalue weighted by molar-refractivity contribution is 5.77. The van der Waals surface area contributed by atoms with Crippen molar-refractivity contribution in [2.24, 2.45) is 5.41 Å². The first-order chi connectivity index (χ1) is 8.87. The van der Waals surface area contributed by atoms with Gasteiger partial charge in [0.1, 0.15) is 0 Å². The maximum Gasteiger partial charge on any atom is 0.315 e. The fraction of sp³-hybridized carbons (Fsp3) is 0.846. The van der Waals surface area contributed by atoms with E-state index in [4.69, 9.17) is 5.11 Å². The zero-order valence-electron chi connectivity index (χ0n) is 12.0. The molecule has 1 saturated heterocycles. The largest absolute Gasteiger partial charge is 0.481 e. The van der Waals surface area contributed by atoms with Gasteiger partial charge in [0.15, 0.2) is 0 Å². The van der Waals surface area contributed by atoms with Gasteiger partial charge in [-0.1, -0.05) is 6.92 Å². The highest BCUT2D eigenvalue weighted by Crippen LogP contribution is 2.19. The normalized spacial score (nSPS) is 20.6. The fourth-order valence-corrected chi connectivity index (χ4v) is 2.02. The van der Waals surface area contributed by atoms with Crippen molar-refractivity contribution in [2.45, 2.75) is 39.2 Å². The standard InChI is InChI=1S/C13H25N3O3/c1-4-13(2,11(17)18)9-14-12(19)15-10-5-7-16(3)8-6-10/h10H,4-9H2,1-3H3,(H,17,18)(H2,14,15,19). The number of likely N-dealkylation sites (tertiary alicyclic amines) is 1. The maximum atomic E-state index is 11.7. The minimum atomic E-state index is -0.899. The van der Waals surface area contributed by atoms with Crippen molar-refractivity contribution in [1.29, 1.82) is 0 Å². The average Bonchev–Trinajstić information content (AvgIpc) is 2.38. The Hall–Kier alpha value is -1.30. The van der Waals surface area contributed by atoms with Crippen LogP contribution in [-0.4, -0.2) is 54.7 Å². The van der Waals surface area contributed by atoms with E-state index in [9.17, 15) is 9.59 Å². The maximum absolute atomic E-state index is 11.7. The van der Waals surface area contributed by atoms with Crippen molar-refractivity contribution >= 4 is 12.0 Å². The molecule has 1 rings (SSSR count). The van der Waals surface area contributed by atoms with Crippen molar-refractivity contribution in [1.82, 2.24) is 15.5 Å². The molecule has 19 heavy (non-hydrogen) atoms. The van der Waals surface area contributed by atoms with Crippen molar-refractivity contribution in [3.8, 4) is 0 Å². The van der Waals surface area contributed by atoms with Gasteiger partial charge in [-0.25, -0.2) is 4.79 Å². The van der Waals surface area contributed by atoms with Crippen LogP contribution in [0.4, 0.5) is 4.79 Å². The Kier molecular flexibility index (Phi) is 5.60. The summed E-state index contributed by atoms with van der Waals surface area (Å²) in [5.74, 6) is -0.880. The zero-order chi connectivity index (χ0) is 14.5. The summed E-state index contributed by atoms with van der Waals surface area (Å²) in [7, 11) is 2.07. The number of urea groups is 1. The van der Waals surface area contributed by atoms with Gasteiger partial charge in [-0.15, -0.1) is 0 Å². The number of piperidine rings is 1. The minimum absolute atomic E-state index is 0.150. The molecular formula is C13H25N3O3. The molecule has 6 heteroatoms. The molecule has 0 spiro atoms. The molecule has 0 aromatic rings. The molecule has 0 aromatic heterocycles. The number of rotatable bonds is 5. The lowest BCUT2D eigenvalue weighted by Gasteiger charge is -2.30. The van der Waals surface area contributed by atoms with E-state index in [-0.39, 0.29) is 18.6 Å². The molecular weight excluding hydrogens is 246 g/mol. The van der Waals surface area contributed by atoms with Gasteiger partial charge in [-0.2, -0.15) is 0 Å². The predicted molar refractivity (Wildman–Crippen MR) is 73.1 cm³/mol. The topological polar surface area (TPSA) is 81.7 Å². The van der Waals surface area contributed by atoms with Gasteiger partial charge in [0.05, 0.1) is 5.41 Å². The number of carboxylic acid groups (broad SMARTS) is 1. The molecule has 1 fully saturated rings. The lowest BCUT2D eigenvalue weighted by molar-refractivity contribution is -0.147. The number of nitrogens with one attached hydrogen (secondary N) is 2. The smallest absolute Gasteiger partial charge is 0.315 e. The molecule has 0 radical (unpaired) electrons. The van der Waals surface area contributed by atoms with Crippen LogP contribution >= 0.6 is 0 Å². The lowest BCUT2D eigenvalue weighted by Crippen LogP contribution is -2.50. The van der Waals surface area contributed by atoms with Gasteiger partial charge in [-0.3, -0.25) is 4.79 Å². The Morgan fingerprint density at radius 3 is 2.42 bits per heavy atom. The van der Waals surface area contributed by atoms with Gasteiger partial charge in [0, 0.05) is 12.6 Å². The molecule has 3 N–H and O–H groups in total. The summed E-state index contributed by atoms with van der Waals surface area (Å²) in [6.07, 6.45) is 2.36. The monoisotopic (exact) mass is 271 g/mol. The highest BCUT2D eigenvalue weighted by atomic mass is 16.4. The average molecular weight is 271 g/mol. The van der Waals surface area contributed by atoms with Crippen LogP contribution < -0.4 is 10.6 Å². The van der Waals surface area contributed by atoms with E-state index in [1.54, 1.807) is 6.92 Å². The number of carboxylic acids is 1. The molecule has 2 amide bonds. The van der Waals surface area contributed by atoms with E-state index in [1.807, 2.05) is 6.92 Å². The second-order valence-electron chi connectivity index (χ2n) is 5.62. The molecule has 1 heterocycles. The van der Waals surface area contributed by atoms with Crippen LogP contribution in [0.3, 0.4) is 0 Å². The molecule has 0 aliphatic carbocycles. The Morgan fingerprint density at radius 2 is 1.95 bits per heavy atom. The second kappa shape index (κ2) is 6.75. The highest BCUT2D eigenvalue weighted by Gasteiger charge is 2.31. The number of hydrogen-bond acceptors (Lipinski definition) is 3. The fourth-order valence-electron chi connectivity index (χ4n) is 2.02. The van der Waals surface area contributed by atoms with Crippen LogP contribution in [0, 0.1) is 5.41 Å². The SMILES string of the molecule is CCC(C)(CNC(=O)NC1CCN(C)CC1)C(=O)O.